The van der Waals surface area contributed by atoms with Gasteiger partial charge >= 0.3 is 11.4 Å². The summed E-state index contributed by atoms with van der Waals surface area (Å²) in [6.45, 7) is 0. The Morgan fingerprint density at radius 1 is 0.619 bits per heavy atom. The molecule has 0 aliphatic carbocycles. The Labute approximate surface area is 245 Å². The Kier molecular flexibility index (Phi) is 10.9. The molecule has 42 heavy (non-hydrogen) atoms. The third kappa shape index (κ3) is 8.59. The lowest BCUT2D eigenvalue weighted by molar-refractivity contribution is -0.385. The van der Waals surface area contributed by atoms with Gasteiger partial charge in [-0.2, -0.15) is 0 Å². The minimum atomic E-state index is -4.74. The molecule has 0 aliphatic heterocycles. The molecule has 0 aliphatic rings. The zero-order valence-corrected chi connectivity index (χ0v) is 23.4. The van der Waals surface area contributed by atoms with E-state index in [2.05, 4.69) is 9.95 Å². The van der Waals surface area contributed by atoms with Crippen molar-refractivity contribution >= 4 is 77.0 Å². The van der Waals surface area contributed by atoms with Gasteiger partial charge in [0.1, 0.15) is 30.3 Å². The monoisotopic (exact) mass is 654 g/mol. The van der Waals surface area contributed by atoms with Crippen molar-refractivity contribution in [2.24, 2.45) is 0 Å². The molecular formula is C22H12Cl2N6O10S2. The lowest BCUT2D eigenvalue weighted by Gasteiger charge is -2.14. The van der Waals surface area contributed by atoms with Crippen LogP contribution in [-0.4, -0.2) is 35.8 Å². The highest BCUT2D eigenvalue weighted by molar-refractivity contribution is 7.86. The predicted octanol–water partition coefficient (Wildman–Crippen LogP) is 6.11. The van der Waals surface area contributed by atoms with Crippen LogP contribution >= 0.6 is 23.2 Å². The summed E-state index contributed by atoms with van der Waals surface area (Å²) in [5.74, 6) is 0. The van der Waals surface area contributed by atoms with Crippen molar-refractivity contribution < 1.29 is 35.8 Å². The summed E-state index contributed by atoms with van der Waals surface area (Å²) in [5.41, 5.74) is -0.0377. The summed E-state index contributed by atoms with van der Waals surface area (Å²) in [6.07, 6.45) is 0. The molecule has 0 bridgehead atoms. The van der Waals surface area contributed by atoms with Gasteiger partial charge in [0.25, 0.3) is 11.4 Å². The first kappa shape index (κ1) is 33.4. The molecule has 0 unspecified atom stereocenters. The molecule has 0 radical (unpaired) electrons. The number of fused-ring (bicyclic) bond motifs is 1. The fourth-order valence-electron chi connectivity index (χ4n) is 3.07. The minimum Gasteiger partial charge on any atom is -0.744 e. The number of diazo groups is 2. The minimum absolute atomic E-state index is 0.0479. The van der Waals surface area contributed by atoms with Crippen LogP contribution in [0.1, 0.15) is 0 Å². The van der Waals surface area contributed by atoms with Crippen LogP contribution in [0, 0.1) is 31.0 Å². The standard InChI is InChI=1S/C10H8O6S2.2C6H3ClN3O2/c11-17(12,13)9-5-1-3-7-8(9)4-2-6-10(7)18(14,15)16;2*7-5-3-4(10(11)12)1-2-6(5)9-8/h1-6H,(H,11,12,13)(H,14,15,16);2*1-3H/q;2*+1/p-2. The second kappa shape index (κ2) is 13.7. The largest absolute Gasteiger partial charge is 0.744 e. The fraction of sp³-hybridized carbons (Fsp3) is 0. The van der Waals surface area contributed by atoms with E-state index in [1.807, 2.05) is 0 Å². The summed E-state index contributed by atoms with van der Waals surface area (Å²) in [7, 11) is -9.48. The summed E-state index contributed by atoms with van der Waals surface area (Å²) in [4.78, 5) is 23.8. The van der Waals surface area contributed by atoms with Gasteiger partial charge in [0, 0.05) is 47.2 Å². The smallest absolute Gasteiger partial charge is 0.403 e. The topological polar surface area (TPSA) is 257 Å². The number of nitro benzene ring substituents is 2. The van der Waals surface area contributed by atoms with E-state index < -0.39 is 39.9 Å². The molecule has 4 aromatic carbocycles. The first-order valence-corrected chi connectivity index (χ1v) is 14.1. The quantitative estimate of drug-likeness (QED) is 0.104. The molecular weight excluding hydrogens is 643 g/mol. The van der Waals surface area contributed by atoms with Gasteiger partial charge in [0.05, 0.1) is 19.6 Å². The number of nitro groups is 2. The first-order valence-electron chi connectivity index (χ1n) is 10.5. The van der Waals surface area contributed by atoms with Crippen molar-refractivity contribution in [2.75, 3.05) is 0 Å². The van der Waals surface area contributed by atoms with Crippen LogP contribution in [-0.2, 0) is 20.2 Å². The van der Waals surface area contributed by atoms with Crippen molar-refractivity contribution in [3.8, 4) is 0 Å². The molecule has 0 saturated carbocycles. The number of rotatable bonds is 4. The highest BCUT2D eigenvalue weighted by Gasteiger charge is 2.17. The number of benzene rings is 4. The second-order valence-electron chi connectivity index (χ2n) is 7.50. The number of hydrogen-bond donors (Lipinski definition) is 0. The molecule has 216 valence electrons. The van der Waals surface area contributed by atoms with Crippen LogP contribution in [0.15, 0.2) is 82.6 Å². The normalized spacial score (nSPS) is 10.6. The summed E-state index contributed by atoms with van der Waals surface area (Å²) < 4.78 is 66.1. The SMILES string of the molecule is N#[N+]c1ccc([N+](=O)[O-])cc1Cl.N#[N+]c1ccc([N+](=O)[O-])cc1Cl.O=S(=O)([O-])c1cccc2c(S(=O)(=O)[O-])cccc12. The molecule has 0 spiro atoms. The maximum absolute atomic E-state index is 11.0. The Bertz CT molecular complexity index is 1870. The molecule has 0 saturated heterocycles. The first-order chi connectivity index (χ1) is 19.5. The molecule has 0 atom stereocenters. The van der Waals surface area contributed by atoms with E-state index in [4.69, 9.17) is 34.0 Å². The molecule has 4 rings (SSSR count). The Hall–Kier alpha value is -4.82. The zero-order valence-electron chi connectivity index (χ0n) is 20.3. The van der Waals surface area contributed by atoms with Gasteiger partial charge in [-0.25, -0.2) is 16.8 Å². The number of nitrogens with zero attached hydrogens (tertiary/aromatic N) is 6. The van der Waals surface area contributed by atoms with E-state index in [9.17, 15) is 46.2 Å². The van der Waals surface area contributed by atoms with E-state index in [1.54, 1.807) is 0 Å². The molecule has 20 heteroatoms. The van der Waals surface area contributed by atoms with Crippen LogP contribution < -0.4 is 0 Å². The van der Waals surface area contributed by atoms with Crippen molar-refractivity contribution in [2.45, 2.75) is 9.79 Å². The van der Waals surface area contributed by atoms with Crippen molar-refractivity contribution in [1.29, 1.82) is 10.8 Å². The van der Waals surface area contributed by atoms with E-state index in [0.717, 1.165) is 24.3 Å². The Balaban J connectivity index is 0.000000228. The van der Waals surface area contributed by atoms with Gasteiger partial charge < -0.3 is 9.11 Å². The molecule has 0 aromatic heterocycles. The highest BCUT2D eigenvalue weighted by Crippen LogP contribution is 2.30. The molecule has 0 amide bonds. The molecule has 4 aromatic rings. The number of halogens is 2. The van der Waals surface area contributed by atoms with Crippen LogP contribution in [0.5, 0.6) is 0 Å². The van der Waals surface area contributed by atoms with Crippen LogP contribution in [0.2, 0.25) is 10.0 Å². The lowest BCUT2D eigenvalue weighted by atomic mass is 10.1. The van der Waals surface area contributed by atoms with Crippen molar-refractivity contribution in [3.05, 3.63) is 113 Å². The summed E-state index contributed by atoms with van der Waals surface area (Å²) in [6, 6.07) is 14.3. The average Bonchev–Trinajstić information content (AvgIpc) is 2.91. The van der Waals surface area contributed by atoms with Gasteiger partial charge in [0.2, 0.25) is 10.8 Å². The third-order valence-electron chi connectivity index (χ3n) is 4.88. The zero-order chi connectivity index (χ0) is 31.8. The third-order valence-corrected chi connectivity index (χ3v) is 7.28. The highest BCUT2D eigenvalue weighted by atomic mass is 35.5. The lowest BCUT2D eigenvalue weighted by Crippen LogP contribution is -2.03. The molecule has 0 fully saturated rings. The second-order valence-corrected chi connectivity index (χ2v) is 11.0. The van der Waals surface area contributed by atoms with Gasteiger partial charge in [-0.3, -0.25) is 20.2 Å². The molecule has 0 N–H and O–H groups in total. The van der Waals surface area contributed by atoms with Gasteiger partial charge in [-0.1, -0.05) is 47.5 Å². The number of hydrogen-bond acceptors (Lipinski definition) is 12. The molecule has 16 nitrogen and oxygen atoms in total. The summed E-state index contributed by atoms with van der Waals surface area (Å²) >= 11 is 11.0. The maximum Gasteiger partial charge on any atom is 0.403 e. The fourth-order valence-corrected chi connectivity index (χ4v) is 4.88. The van der Waals surface area contributed by atoms with Crippen molar-refractivity contribution in [3.63, 3.8) is 0 Å². The Morgan fingerprint density at radius 2 is 0.952 bits per heavy atom. The van der Waals surface area contributed by atoms with Gasteiger partial charge in [-0.15, -0.1) is 0 Å². The number of non-ortho nitro benzene ring substituents is 2. The predicted molar refractivity (Wildman–Crippen MR) is 146 cm³/mol. The van der Waals surface area contributed by atoms with E-state index in [0.29, 0.717) is 0 Å². The van der Waals surface area contributed by atoms with Crippen molar-refractivity contribution in [1.82, 2.24) is 0 Å². The maximum atomic E-state index is 11.0. The van der Waals surface area contributed by atoms with Gasteiger partial charge in [-0.05, 0) is 12.1 Å². The van der Waals surface area contributed by atoms with Gasteiger partial charge in [0.15, 0.2) is 9.95 Å². The van der Waals surface area contributed by atoms with Crippen LogP contribution in [0.4, 0.5) is 22.7 Å². The summed E-state index contributed by atoms with van der Waals surface area (Å²) in [5, 5.41) is 37.0. The van der Waals surface area contributed by atoms with E-state index >= 15 is 0 Å². The van der Waals surface area contributed by atoms with Crippen LogP contribution in [0.3, 0.4) is 0 Å². The van der Waals surface area contributed by atoms with Crippen LogP contribution in [0.25, 0.3) is 20.7 Å². The van der Waals surface area contributed by atoms with E-state index in [-0.39, 0.29) is 43.6 Å². The van der Waals surface area contributed by atoms with E-state index in [1.165, 1.54) is 48.5 Å². The average molecular weight is 655 g/mol. The molecule has 0 heterocycles. The Morgan fingerprint density at radius 3 is 1.19 bits per heavy atom.